The summed E-state index contributed by atoms with van der Waals surface area (Å²) in [6.07, 6.45) is 56.5. The maximum atomic E-state index is 13.0. The summed E-state index contributed by atoms with van der Waals surface area (Å²) in [4.78, 5) is 56.3. The lowest BCUT2D eigenvalue weighted by atomic mass is 10.1. The number of carbonyl (C=O) groups is 4. The average Bonchev–Trinajstić information content (AvgIpc) is 3.43. The molecule has 0 spiro atoms. The van der Waals surface area contributed by atoms with Crippen LogP contribution in [0.25, 0.3) is 0 Å². The van der Waals surface area contributed by atoms with E-state index in [4.69, 9.17) is 0 Å². The van der Waals surface area contributed by atoms with Crippen molar-refractivity contribution >= 4 is 23.6 Å². The van der Waals surface area contributed by atoms with Gasteiger partial charge in [0.25, 0.3) is 0 Å². The van der Waals surface area contributed by atoms with Crippen molar-refractivity contribution in [1.29, 1.82) is 0 Å². The second-order valence-corrected chi connectivity index (χ2v) is 23.6. The van der Waals surface area contributed by atoms with Crippen molar-refractivity contribution in [2.75, 3.05) is 78.5 Å². The van der Waals surface area contributed by atoms with Crippen LogP contribution in [-0.2, 0) is 19.2 Å². The van der Waals surface area contributed by atoms with Gasteiger partial charge in [-0.15, -0.1) is 0 Å². The molecule has 0 rings (SSSR count). The van der Waals surface area contributed by atoms with Crippen LogP contribution < -0.4 is 26.6 Å². The molecule has 0 atom stereocenters. The molecule has 0 saturated carbocycles. The molecule has 0 aromatic carbocycles. The van der Waals surface area contributed by atoms with Gasteiger partial charge < -0.3 is 36.4 Å². The molecule has 11 nitrogen and oxygen atoms in total. The first-order valence-electron chi connectivity index (χ1n) is 34.6. The number of nitrogens with one attached hydrogen (secondary N) is 5. The number of carbonyl (C=O) groups excluding carboxylic acids is 4. The van der Waals surface area contributed by atoms with Gasteiger partial charge in [0, 0.05) is 91.1 Å². The molecule has 0 saturated heterocycles. The van der Waals surface area contributed by atoms with Crippen LogP contribution in [-0.4, -0.2) is 112 Å². The second-order valence-electron chi connectivity index (χ2n) is 23.6. The molecular formula is C67H135N7O4. The van der Waals surface area contributed by atoms with Gasteiger partial charge in [-0.25, -0.2) is 0 Å². The number of nitrogens with zero attached hydrogens (tertiary/aromatic N) is 2. The lowest BCUT2D eigenvalue weighted by Crippen LogP contribution is -2.37. The Hall–Kier alpha value is -2.24. The Labute approximate surface area is 485 Å². The minimum atomic E-state index is 0.114. The predicted octanol–water partition coefficient (Wildman–Crippen LogP) is 16.1. The third-order valence-corrected chi connectivity index (χ3v) is 16.0. The Morgan fingerprint density at radius 2 is 0.436 bits per heavy atom. The average molecular weight is 1100 g/mol. The molecule has 0 aliphatic heterocycles. The Morgan fingerprint density at radius 1 is 0.218 bits per heavy atom. The van der Waals surface area contributed by atoms with E-state index in [0.717, 1.165) is 104 Å². The molecular weight excluding hydrogens is 967 g/mol. The zero-order valence-electron chi connectivity index (χ0n) is 52.7. The predicted molar refractivity (Wildman–Crippen MR) is 337 cm³/mol. The van der Waals surface area contributed by atoms with Crippen molar-refractivity contribution < 1.29 is 19.2 Å². The van der Waals surface area contributed by atoms with Gasteiger partial charge in [0.15, 0.2) is 0 Å². The van der Waals surface area contributed by atoms with Gasteiger partial charge in [-0.2, -0.15) is 0 Å². The first-order valence-corrected chi connectivity index (χ1v) is 34.6. The molecule has 0 heterocycles. The van der Waals surface area contributed by atoms with Crippen LogP contribution in [0.15, 0.2) is 0 Å². The quantitative estimate of drug-likeness (QED) is 0.0383. The molecule has 5 N–H and O–H groups in total. The number of unbranched alkanes of at least 4 members (excludes halogenated alkanes) is 38. The van der Waals surface area contributed by atoms with Crippen molar-refractivity contribution in [1.82, 2.24) is 36.4 Å². The van der Waals surface area contributed by atoms with E-state index in [2.05, 4.69) is 64.1 Å². The van der Waals surface area contributed by atoms with E-state index in [-0.39, 0.29) is 23.6 Å². The standard InChI is InChI=1S/C67H135N7O4/c1-5-9-13-17-21-25-29-33-37-42-52-69-64(75)48-56-68-57-63-74(62-51-67(78)72-55-45-40-36-32-28-24-20-16-12-8-4)59-47-41-46-58-73(60-49-65(76)70-53-43-38-34-30-26-22-18-14-10-6-2)61-50-66(77)71-54-44-39-35-31-27-23-19-15-11-7-3/h68H,5-63H2,1-4H3,(H,69,75)(H,70,76)(H,71,77)(H,72,78). The molecule has 0 aromatic heterocycles. The van der Waals surface area contributed by atoms with E-state index in [1.165, 1.54) is 231 Å². The van der Waals surface area contributed by atoms with E-state index in [1.807, 2.05) is 0 Å². The maximum absolute atomic E-state index is 13.0. The summed E-state index contributed by atoms with van der Waals surface area (Å²) in [5, 5.41) is 16.2. The van der Waals surface area contributed by atoms with Crippen molar-refractivity contribution in [2.24, 2.45) is 0 Å². The smallest absolute Gasteiger partial charge is 0.221 e. The van der Waals surface area contributed by atoms with Crippen LogP contribution in [0.2, 0.25) is 0 Å². The Morgan fingerprint density at radius 3 is 0.705 bits per heavy atom. The van der Waals surface area contributed by atoms with Gasteiger partial charge in [-0.05, 0) is 51.6 Å². The first-order chi connectivity index (χ1) is 38.4. The van der Waals surface area contributed by atoms with Crippen LogP contribution in [0, 0.1) is 0 Å². The highest BCUT2D eigenvalue weighted by Gasteiger charge is 2.13. The van der Waals surface area contributed by atoms with Gasteiger partial charge in [0.05, 0.1) is 0 Å². The summed E-state index contributed by atoms with van der Waals surface area (Å²) in [6, 6.07) is 0. The summed E-state index contributed by atoms with van der Waals surface area (Å²) in [6.45, 7) is 18.2. The highest BCUT2D eigenvalue weighted by molar-refractivity contribution is 5.77. The fourth-order valence-electron chi connectivity index (χ4n) is 10.6. The first kappa shape index (κ1) is 75.8. The van der Waals surface area contributed by atoms with Gasteiger partial charge in [-0.1, -0.05) is 265 Å². The lowest BCUT2D eigenvalue weighted by molar-refractivity contribution is -0.122. The molecule has 462 valence electrons. The molecule has 0 radical (unpaired) electrons. The van der Waals surface area contributed by atoms with Crippen LogP contribution in [0.4, 0.5) is 0 Å². The van der Waals surface area contributed by atoms with Gasteiger partial charge in [0.2, 0.25) is 23.6 Å². The summed E-state index contributed by atoms with van der Waals surface area (Å²) in [5.41, 5.74) is 0. The molecule has 4 amide bonds. The number of amides is 4. The highest BCUT2D eigenvalue weighted by Crippen LogP contribution is 2.14. The van der Waals surface area contributed by atoms with Crippen molar-refractivity contribution in [3.05, 3.63) is 0 Å². The van der Waals surface area contributed by atoms with Gasteiger partial charge in [-0.3, -0.25) is 19.2 Å². The zero-order valence-corrected chi connectivity index (χ0v) is 52.7. The van der Waals surface area contributed by atoms with Crippen LogP contribution in [0.1, 0.15) is 329 Å². The lowest BCUT2D eigenvalue weighted by Gasteiger charge is -2.24. The van der Waals surface area contributed by atoms with E-state index in [0.29, 0.717) is 45.3 Å². The van der Waals surface area contributed by atoms with Gasteiger partial charge in [0.1, 0.15) is 0 Å². The van der Waals surface area contributed by atoms with E-state index >= 15 is 0 Å². The van der Waals surface area contributed by atoms with Gasteiger partial charge >= 0.3 is 0 Å². The molecule has 11 heteroatoms. The van der Waals surface area contributed by atoms with Crippen LogP contribution >= 0.6 is 0 Å². The van der Waals surface area contributed by atoms with Crippen LogP contribution in [0.5, 0.6) is 0 Å². The topological polar surface area (TPSA) is 135 Å². The molecule has 0 aromatic rings. The Bertz CT molecular complexity index is 1230. The van der Waals surface area contributed by atoms with Crippen LogP contribution in [0.3, 0.4) is 0 Å². The molecule has 0 aliphatic carbocycles. The van der Waals surface area contributed by atoms with E-state index in [9.17, 15) is 19.2 Å². The van der Waals surface area contributed by atoms with E-state index in [1.54, 1.807) is 0 Å². The maximum Gasteiger partial charge on any atom is 0.221 e. The molecule has 0 aliphatic rings. The molecule has 0 bridgehead atoms. The molecule has 0 unspecified atom stereocenters. The minimum absolute atomic E-state index is 0.114. The Kier molecular flexibility index (Phi) is 62.1. The number of rotatable bonds is 65. The number of hydrogen-bond donors (Lipinski definition) is 5. The third-order valence-electron chi connectivity index (χ3n) is 16.0. The summed E-state index contributed by atoms with van der Waals surface area (Å²) >= 11 is 0. The molecule has 78 heavy (non-hydrogen) atoms. The fourth-order valence-corrected chi connectivity index (χ4v) is 10.6. The second kappa shape index (κ2) is 63.9. The fraction of sp³-hybridized carbons (Fsp3) is 0.940. The summed E-state index contributed by atoms with van der Waals surface area (Å²) in [7, 11) is 0. The van der Waals surface area contributed by atoms with Crippen molar-refractivity contribution in [3.63, 3.8) is 0 Å². The number of hydrogen-bond acceptors (Lipinski definition) is 7. The zero-order chi connectivity index (χ0) is 56.7. The Balaban J connectivity index is 5.02. The normalized spacial score (nSPS) is 11.5. The SMILES string of the molecule is CCCCCCCCCCCCNC(=O)CCNCCN(CCCCCN(CCC(=O)NCCCCCCCCCCCC)CCC(=O)NCCCCCCCCCCCC)CCC(=O)NCCCCCCCCCCCC. The highest BCUT2D eigenvalue weighted by atomic mass is 16.2. The summed E-state index contributed by atoms with van der Waals surface area (Å²) in [5.74, 6) is 0.489. The van der Waals surface area contributed by atoms with Crippen molar-refractivity contribution in [2.45, 2.75) is 329 Å². The monoisotopic (exact) mass is 1100 g/mol. The summed E-state index contributed by atoms with van der Waals surface area (Å²) < 4.78 is 0. The minimum Gasteiger partial charge on any atom is -0.356 e. The largest absolute Gasteiger partial charge is 0.356 e. The van der Waals surface area contributed by atoms with E-state index < -0.39 is 0 Å². The van der Waals surface area contributed by atoms with Crippen molar-refractivity contribution in [3.8, 4) is 0 Å². The third kappa shape index (κ3) is 59.9. The molecule has 0 fully saturated rings.